The Morgan fingerprint density at radius 1 is 1.16 bits per heavy atom. The number of likely N-dealkylation sites (N-methyl/N-ethyl adjacent to an activating group) is 2. The largest absolute Gasteiger partial charge is 0.415 e. The molecule has 0 aliphatic heterocycles. The maximum Gasteiger partial charge on any atom is 0.415 e. The number of carbonyl (C=O) groups excluding carboxylic acids is 2. The van der Waals surface area contributed by atoms with Gasteiger partial charge in [-0.05, 0) is 55.9 Å². The van der Waals surface area contributed by atoms with Crippen molar-refractivity contribution in [2.24, 2.45) is 16.8 Å². The van der Waals surface area contributed by atoms with Crippen LogP contribution < -0.4 is 32.5 Å². The summed E-state index contributed by atoms with van der Waals surface area (Å²) in [7, 11) is 0. The maximum atomic E-state index is 13.9. The zero-order chi connectivity index (χ0) is 23.5. The molecule has 0 radical (unpaired) electrons. The van der Waals surface area contributed by atoms with Crippen molar-refractivity contribution < 1.29 is 18.7 Å². The number of hydrazine groups is 1. The third-order valence-corrected chi connectivity index (χ3v) is 4.51. The highest BCUT2D eigenvalue weighted by atomic mass is 19.1. The van der Waals surface area contributed by atoms with E-state index in [9.17, 15) is 14.0 Å². The summed E-state index contributed by atoms with van der Waals surface area (Å²) in [6, 6.07) is 9.85. The summed E-state index contributed by atoms with van der Waals surface area (Å²) in [6.45, 7) is 6.01. The van der Waals surface area contributed by atoms with E-state index < -0.39 is 17.8 Å². The highest BCUT2D eigenvalue weighted by Crippen LogP contribution is 2.22. The van der Waals surface area contributed by atoms with Crippen LogP contribution in [0.25, 0.3) is 0 Å². The van der Waals surface area contributed by atoms with E-state index in [1.165, 1.54) is 11.0 Å². The predicted molar refractivity (Wildman–Crippen MR) is 121 cm³/mol. The van der Waals surface area contributed by atoms with Crippen LogP contribution in [0.4, 0.5) is 14.9 Å². The van der Waals surface area contributed by atoms with Crippen LogP contribution in [0, 0.1) is 5.82 Å². The molecule has 32 heavy (non-hydrogen) atoms. The Kier molecular flexibility index (Phi) is 9.39. The molecule has 10 nitrogen and oxygen atoms in total. The van der Waals surface area contributed by atoms with Crippen molar-refractivity contribution in [1.29, 1.82) is 0 Å². The van der Waals surface area contributed by atoms with E-state index in [0.29, 0.717) is 30.9 Å². The standard InChI is InChI=1S/C21H28FN7O3/c1-3-25-11-12-29(4-2)21(31)32-18-10-7-15(22)13-17(18)20(30)26-16-8-5-14(6-9-16)19(27-23)28-24/h5-10,13,25H,3-4,11-12,23-24H2,1-2H3,(H,26,30)(H,27,28). The Morgan fingerprint density at radius 3 is 2.47 bits per heavy atom. The highest BCUT2D eigenvalue weighted by molar-refractivity contribution is 6.07. The van der Waals surface area contributed by atoms with Crippen molar-refractivity contribution in [3.63, 3.8) is 0 Å². The summed E-state index contributed by atoms with van der Waals surface area (Å²) in [5.41, 5.74) is 3.27. The molecule has 0 spiro atoms. The molecule has 2 aromatic rings. The minimum atomic E-state index is -0.639. The number of halogens is 1. The van der Waals surface area contributed by atoms with Gasteiger partial charge in [0.05, 0.1) is 5.56 Å². The predicted octanol–water partition coefficient (Wildman–Crippen LogP) is 1.59. The van der Waals surface area contributed by atoms with Crippen molar-refractivity contribution in [3.8, 4) is 5.75 Å². The number of benzene rings is 2. The zero-order valence-corrected chi connectivity index (χ0v) is 18.0. The maximum absolute atomic E-state index is 13.9. The minimum absolute atomic E-state index is 0.0442. The third-order valence-electron chi connectivity index (χ3n) is 4.51. The molecule has 2 rings (SSSR count). The van der Waals surface area contributed by atoms with Crippen LogP contribution in [-0.4, -0.2) is 48.9 Å². The van der Waals surface area contributed by atoms with Gasteiger partial charge in [0.15, 0.2) is 5.84 Å². The number of nitrogens with one attached hydrogen (secondary N) is 3. The molecule has 0 bridgehead atoms. The molecule has 2 aromatic carbocycles. The third kappa shape index (κ3) is 6.65. The van der Waals surface area contributed by atoms with Crippen molar-refractivity contribution in [2.75, 3.05) is 31.5 Å². The summed E-state index contributed by atoms with van der Waals surface area (Å²) in [4.78, 5) is 26.8. The number of ether oxygens (including phenoxy) is 1. The average Bonchev–Trinajstić information content (AvgIpc) is 2.79. The Labute approximate surface area is 185 Å². The van der Waals surface area contributed by atoms with Gasteiger partial charge in [-0.2, -0.15) is 5.10 Å². The van der Waals surface area contributed by atoms with E-state index in [0.717, 1.165) is 18.7 Å². The number of rotatable bonds is 9. The number of hydrogen-bond acceptors (Lipinski definition) is 7. The molecule has 0 aliphatic carbocycles. The van der Waals surface area contributed by atoms with E-state index in [-0.39, 0.29) is 17.1 Å². The molecule has 2 amide bonds. The lowest BCUT2D eigenvalue weighted by Gasteiger charge is -2.21. The highest BCUT2D eigenvalue weighted by Gasteiger charge is 2.20. The molecule has 0 saturated heterocycles. The number of hydrogen-bond donors (Lipinski definition) is 5. The van der Waals surface area contributed by atoms with Gasteiger partial charge in [-0.25, -0.2) is 15.0 Å². The molecule has 0 atom stereocenters. The van der Waals surface area contributed by atoms with Gasteiger partial charge in [0.25, 0.3) is 5.91 Å². The van der Waals surface area contributed by atoms with Gasteiger partial charge in [0.1, 0.15) is 11.6 Å². The van der Waals surface area contributed by atoms with Crippen molar-refractivity contribution in [2.45, 2.75) is 13.8 Å². The number of nitrogens with two attached hydrogens (primary N) is 2. The van der Waals surface area contributed by atoms with Crippen LogP contribution in [0.5, 0.6) is 5.75 Å². The number of anilines is 1. The molecular weight excluding hydrogens is 417 g/mol. The van der Waals surface area contributed by atoms with E-state index in [1.54, 1.807) is 24.3 Å². The number of amides is 2. The second-order valence-electron chi connectivity index (χ2n) is 6.60. The molecule has 172 valence electrons. The Hall–Kier alpha value is -3.70. The smallest absolute Gasteiger partial charge is 0.409 e. The van der Waals surface area contributed by atoms with E-state index in [4.69, 9.17) is 16.4 Å². The monoisotopic (exact) mass is 445 g/mol. The lowest BCUT2D eigenvalue weighted by molar-refractivity contribution is 0.102. The van der Waals surface area contributed by atoms with Crippen LogP contribution >= 0.6 is 0 Å². The van der Waals surface area contributed by atoms with Crippen LogP contribution in [0.15, 0.2) is 47.6 Å². The molecule has 0 aliphatic rings. The number of hydrazone groups is 1. The quantitative estimate of drug-likeness (QED) is 0.129. The van der Waals surface area contributed by atoms with E-state index >= 15 is 0 Å². The zero-order valence-electron chi connectivity index (χ0n) is 18.0. The number of carbonyl (C=O) groups is 2. The summed E-state index contributed by atoms with van der Waals surface area (Å²) < 4.78 is 19.3. The molecule has 0 unspecified atom stereocenters. The van der Waals surface area contributed by atoms with Crippen LogP contribution in [0.1, 0.15) is 29.8 Å². The Morgan fingerprint density at radius 2 is 1.88 bits per heavy atom. The second-order valence-corrected chi connectivity index (χ2v) is 6.60. The minimum Gasteiger partial charge on any atom is -0.409 e. The Balaban J connectivity index is 2.16. The fourth-order valence-electron chi connectivity index (χ4n) is 2.80. The van der Waals surface area contributed by atoms with Gasteiger partial charge >= 0.3 is 6.09 Å². The lowest BCUT2D eigenvalue weighted by Crippen LogP contribution is -2.38. The van der Waals surface area contributed by atoms with Gasteiger partial charge in [0.2, 0.25) is 0 Å². The fourth-order valence-corrected chi connectivity index (χ4v) is 2.80. The van der Waals surface area contributed by atoms with E-state index in [1.807, 2.05) is 13.8 Å². The van der Waals surface area contributed by atoms with Crippen molar-refractivity contribution in [3.05, 3.63) is 59.4 Å². The molecular formula is C21H28FN7O3. The molecule has 11 heteroatoms. The molecule has 0 heterocycles. The topological polar surface area (TPSA) is 147 Å². The Bertz CT molecular complexity index is 951. The van der Waals surface area contributed by atoms with Gasteiger partial charge in [-0.15, -0.1) is 0 Å². The summed E-state index contributed by atoms with van der Waals surface area (Å²) in [6.07, 6.45) is -0.627. The lowest BCUT2D eigenvalue weighted by atomic mass is 10.1. The van der Waals surface area contributed by atoms with Crippen LogP contribution in [0.2, 0.25) is 0 Å². The molecule has 0 fully saturated rings. The molecule has 0 aromatic heterocycles. The van der Waals surface area contributed by atoms with Crippen molar-refractivity contribution in [1.82, 2.24) is 15.6 Å². The van der Waals surface area contributed by atoms with Crippen LogP contribution in [-0.2, 0) is 0 Å². The first kappa shape index (κ1) is 24.6. The van der Waals surface area contributed by atoms with Gasteiger partial charge in [0, 0.05) is 30.9 Å². The second kappa shape index (κ2) is 12.2. The fraction of sp³-hybridized carbons (Fsp3) is 0.286. The van der Waals surface area contributed by atoms with Crippen molar-refractivity contribution >= 4 is 23.5 Å². The molecule has 0 saturated carbocycles. The number of amidine groups is 1. The normalized spacial score (nSPS) is 11.1. The van der Waals surface area contributed by atoms with Gasteiger partial charge in [-0.3, -0.25) is 4.79 Å². The number of nitrogens with zero attached hydrogens (tertiary/aromatic N) is 2. The first-order chi connectivity index (χ1) is 15.4. The summed E-state index contributed by atoms with van der Waals surface area (Å²) >= 11 is 0. The van der Waals surface area contributed by atoms with Gasteiger partial charge in [-0.1, -0.05) is 6.92 Å². The SMILES string of the molecule is CCNCCN(CC)C(=O)Oc1ccc(F)cc1C(=O)Nc1ccc(/C(=N/N)NN)cc1. The van der Waals surface area contributed by atoms with Crippen LogP contribution in [0.3, 0.4) is 0 Å². The molecule has 7 N–H and O–H groups in total. The summed E-state index contributed by atoms with van der Waals surface area (Å²) in [5, 5.41) is 9.27. The first-order valence-electron chi connectivity index (χ1n) is 10.1. The summed E-state index contributed by atoms with van der Waals surface area (Å²) in [5.74, 6) is 9.51. The van der Waals surface area contributed by atoms with E-state index in [2.05, 4.69) is 21.2 Å². The average molecular weight is 445 g/mol. The van der Waals surface area contributed by atoms with Gasteiger partial charge < -0.3 is 31.5 Å². The first-order valence-corrected chi connectivity index (χ1v) is 10.1.